The molecule has 0 N–H and O–H groups in total. The van der Waals surface area contributed by atoms with Gasteiger partial charge >= 0.3 is 17.9 Å². The van der Waals surface area contributed by atoms with Crippen LogP contribution in [0.25, 0.3) is 0 Å². The van der Waals surface area contributed by atoms with Crippen LogP contribution in [0, 0.1) is 5.92 Å². The Morgan fingerprint density at radius 1 is 0.302 bits per heavy atom. The molecule has 0 aromatic rings. The fourth-order valence-electron chi connectivity index (χ4n) is 8.75. The van der Waals surface area contributed by atoms with E-state index in [1.165, 1.54) is 218 Å². The van der Waals surface area contributed by atoms with Crippen molar-refractivity contribution in [1.82, 2.24) is 0 Å². The van der Waals surface area contributed by atoms with Gasteiger partial charge in [-0.3, -0.25) is 14.4 Å². The molecule has 0 radical (unpaired) electrons. The van der Waals surface area contributed by atoms with Crippen molar-refractivity contribution in [2.24, 2.45) is 5.92 Å². The van der Waals surface area contributed by atoms with E-state index in [2.05, 4.69) is 27.7 Å². The van der Waals surface area contributed by atoms with Crippen molar-refractivity contribution < 1.29 is 28.6 Å². The summed E-state index contributed by atoms with van der Waals surface area (Å²) in [6, 6.07) is 0. The molecule has 0 aromatic heterocycles. The Balaban J connectivity index is 4.30. The molecule has 0 spiro atoms. The summed E-state index contributed by atoms with van der Waals surface area (Å²) >= 11 is 0. The molecule has 0 unspecified atom stereocenters. The topological polar surface area (TPSA) is 78.9 Å². The molecule has 0 aliphatic carbocycles. The molecule has 0 saturated heterocycles. The highest BCUT2D eigenvalue weighted by molar-refractivity contribution is 5.71. The fraction of sp³-hybridized carbons (Fsp3) is 0.947. The van der Waals surface area contributed by atoms with Gasteiger partial charge in [0.25, 0.3) is 0 Å². The van der Waals surface area contributed by atoms with Crippen LogP contribution in [0.4, 0.5) is 0 Å². The van der Waals surface area contributed by atoms with Crippen molar-refractivity contribution in [2.75, 3.05) is 13.2 Å². The minimum absolute atomic E-state index is 0.0619. The van der Waals surface area contributed by atoms with Gasteiger partial charge in [0, 0.05) is 19.3 Å². The smallest absolute Gasteiger partial charge is 0.306 e. The van der Waals surface area contributed by atoms with Crippen LogP contribution in [0.15, 0.2) is 0 Å². The summed E-state index contributed by atoms with van der Waals surface area (Å²) in [4.78, 5) is 38.1. The van der Waals surface area contributed by atoms with Crippen molar-refractivity contribution in [2.45, 2.75) is 329 Å². The average Bonchev–Trinajstić information content (AvgIpc) is 3.27. The third-order valence-electron chi connectivity index (χ3n) is 13.0. The van der Waals surface area contributed by atoms with Crippen molar-refractivity contribution in [3.05, 3.63) is 0 Å². The van der Waals surface area contributed by atoms with Gasteiger partial charge in [-0.2, -0.15) is 0 Å². The monoisotopic (exact) mass is 891 g/mol. The third-order valence-corrected chi connectivity index (χ3v) is 13.0. The molecule has 6 heteroatoms. The van der Waals surface area contributed by atoms with Crippen molar-refractivity contribution in [3.8, 4) is 0 Å². The van der Waals surface area contributed by atoms with Crippen molar-refractivity contribution in [1.29, 1.82) is 0 Å². The molecule has 1 atom stereocenters. The standard InChI is InChI=1S/C57H110O6/c1-5-7-9-11-13-15-17-19-21-22-24-28-32-36-40-44-48-55(58)61-51-54(63-57(60)50-46-42-38-34-30-23-20-18-16-14-12-10-8-6-2)52-62-56(59)49-45-41-37-33-29-26-25-27-31-35-39-43-47-53(3)4/h53-54H,5-52H2,1-4H3/t54-/m0/s1. The van der Waals surface area contributed by atoms with Gasteiger partial charge in [0.05, 0.1) is 0 Å². The normalized spacial score (nSPS) is 12.0. The SMILES string of the molecule is CCCCCCCCCCCCCCCCCCC(=O)OC[C@@H](COC(=O)CCCCCCCCCCCCCCC(C)C)OC(=O)CCCCCCCCCCCCCCCC. The van der Waals surface area contributed by atoms with E-state index in [1.54, 1.807) is 0 Å². The summed E-state index contributed by atoms with van der Waals surface area (Å²) in [6.45, 7) is 9.05. The Labute approximate surface area is 393 Å². The van der Waals surface area contributed by atoms with Crippen LogP contribution in [0.5, 0.6) is 0 Å². The molecule has 0 bridgehead atoms. The predicted molar refractivity (Wildman–Crippen MR) is 270 cm³/mol. The van der Waals surface area contributed by atoms with E-state index < -0.39 is 6.10 Å². The molecule has 6 nitrogen and oxygen atoms in total. The van der Waals surface area contributed by atoms with E-state index in [0.29, 0.717) is 19.3 Å². The van der Waals surface area contributed by atoms with Gasteiger partial charge in [0.15, 0.2) is 6.10 Å². The zero-order chi connectivity index (χ0) is 45.9. The first-order valence-electron chi connectivity index (χ1n) is 28.4. The molecular formula is C57H110O6. The number of hydrogen-bond acceptors (Lipinski definition) is 6. The van der Waals surface area contributed by atoms with Crippen LogP contribution in [-0.2, 0) is 28.6 Å². The maximum Gasteiger partial charge on any atom is 0.306 e. The van der Waals surface area contributed by atoms with Gasteiger partial charge in [0.1, 0.15) is 13.2 Å². The summed E-state index contributed by atoms with van der Waals surface area (Å²) < 4.78 is 16.9. The van der Waals surface area contributed by atoms with Gasteiger partial charge in [0.2, 0.25) is 0 Å². The summed E-state index contributed by atoms with van der Waals surface area (Å²) in [5, 5.41) is 0. The molecule has 374 valence electrons. The van der Waals surface area contributed by atoms with E-state index in [4.69, 9.17) is 14.2 Å². The summed E-state index contributed by atoms with van der Waals surface area (Å²) in [6.07, 6.45) is 55.1. The van der Waals surface area contributed by atoms with Crippen LogP contribution in [-0.4, -0.2) is 37.2 Å². The average molecular weight is 892 g/mol. The van der Waals surface area contributed by atoms with Crippen LogP contribution in [0.1, 0.15) is 323 Å². The number of ether oxygens (including phenoxy) is 3. The second kappa shape index (κ2) is 51.4. The largest absolute Gasteiger partial charge is 0.462 e. The zero-order valence-corrected chi connectivity index (χ0v) is 43.0. The number of unbranched alkanes of at least 4 members (excludes halogenated alkanes) is 39. The van der Waals surface area contributed by atoms with E-state index in [9.17, 15) is 14.4 Å². The molecule has 0 aromatic carbocycles. The molecule has 63 heavy (non-hydrogen) atoms. The van der Waals surface area contributed by atoms with Crippen LogP contribution in [0.3, 0.4) is 0 Å². The number of carbonyl (C=O) groups is 3. The minimum Gasteiger partial charge on any atom is -0.462 e. The lowest BCUT2D eigenvalue weighted by Gasteiger charge is -2.18. The summed E-state index contributed by atoms with van der Waals surface area (Å²) in [5.74, 6) is -0.00255. The number of esters is 3. The lowest BCUT2D eigenvalue weighted by molar-refractivity contribution is -0.167. The molecule has 0 amide bonds. The highest BCUT2D eigenvalue weighted by Crippen LogP contribution is 2.18. The van der Waals surface area contributed by atoms with E-state index in [0.717, 1.165) is 63.7 Å². The predicted octanol–water partition coefficient (Wildman–Crippen LogP) is 18.6. The van der Waals surface area contributed by atoms with Gasteiger partial charge in [-0.25, -0.2) is 0 Å². The molecule has 0 heterocycles. The third kappa shape index (κ3) is 51.3. The number of carbonyl (C=O) groups excluding carboxylic acids is 3. The molecule has 0 fully saturated rings. The van der Waals surface area contributed by atoms with Gasteiger partial charge in [-0.05, 0) is 25.2 Å². The maximum atomic E-state index is 12.8. The Morgan fingerprint density at radius 3 is 0.778 bits per heavy atom. The number of rotatable bonds is 52. The van der Waals surface area contributed by atoms with Crippen LogP contribution >= 0.6 is 0 Å². The van der Waals surface area contributed by atoms with E-state index in [1.807, 2.05) is 0 Å². The zero-order valence-electron chi connectivity index (χ0n) is 43.0. The molecule has 0 aliphatic rings. The Bertz CT molecular complexity index is 949. The van der Waals surface area contributed by atoms with Crippen LogP contribution < -0.4 is 0 Å². The van der Waals surface area contributed by atoms with Crippen molar-refractivity contribution >= 4 is 17.9 Å². The highest BCUT2D eigenvalue weighted by atomic mass is 16.6. The lowest BCUT2D eigenvalue weighted by atomic mass is 10.0. The first-order chi connectivity index (χ1) is 30.9. The second-order valence-electron chi connectivity index (χ2n) is 20.1. The van der Waals surface area contributed by atoms with Gasteiger partial charge in [-0.15, -0.1) is 0 Å². The Morgan fingerprint density at radius 2 is 0.524 bits per heavy atom. The molecular weight excluding hydrogens is 781 g/mol. The second-order valence-corrected chi connectivity index (χ2v) is 20.1. The summed E-state index contributed by atoms with van der Waals surface area (Å²) in [7, 11) is 0. The van der Waals surface area contributed by atoms with Crippen LogP contribution in [0.2, 0.25) is 0 Å². The highest BCUT2D eigenvalue weighted by Gasteiger charge is 2.19. The van der Waals surface area contributed by atoms with E-state index in [-0.39, 0.29) is 31.1 Å². The lowest BCUT2D eigenvalue weighted by Crippen LogP contribution is -2.30. The Hall–Kier alpha value is -1.59. The first kappa shape index (κ1) is 61.4. The summed E-state index contributed by atoms with van der Waals surface area (Å²) in [5.41, 5.74) is 0. The fourth-order valence-corrected chi connectivity index (χ4v) is 8.75. The minimum atomic E-state index is -0.761. The van der Waals surface area contributed by atoms with Gasteiger partial charge < -0.3 is 14.2 Å². The number of hydrogen-bond donors (Lipinski definition) is 0. The molecule has 0 aliphatic heterocycles. The maximum absolute atomic E-state index is 12.8. The molecule has 0 saturated carbocycles. The quantitative estimate of drug-likeness (QED) is 0.0344. The van der Waals surface area contributed by atoms with Crippen molar-refractivity contribution in [3.63, 3.8) is 0 Å². The first-order valence-corrected chi connectivity index (χ1v) is 28.4. The Kier molecular flexibility index (Phi) is 50.1. The molecule has 0 rings (SSSR count). The van der Waals surface area contributed by atoms with E-state index >= 15 is 0 Å². The van der Waals surface area contributed by atoms with Gasteiger partial charge in [-0.1, -0.05) is 285 Å².